The van der Waals surface area contributed by atoms with Crippen molar-refractivity contribution in [3.63, 3.8) is 0 Å². The molecule has 2 aromatic rings. The zero-order chi connectivity index (χ0) is 12.4. The van der Waals surface area contributed by atoms with Gasteiger partial charge in [-0.1, -0.05) is 11.6 Å². The third-order valence-electron chi connectivity index (χ3n) is 2.31. The van der Waals surface area contributed by atoms with Gasteiger partial charge in [-0.3, -0.25) is 0 Å². The molecule has 0 N–H and O–H groups in total. The van der Waals surface area contributed by atoms with Crippen LogP contribution in [0.3, 0.4) is 0 Å². The van der Waals surface area contributed by atoms with Crippen LogP contribution in [0.25, 0.3) is 0 Å². The number of halogens is 3. The van der Waals surface area contributed by atoms with E-state index < -0.39 is 5.38 Å². The molecule has 0 amide bonds. The lowest BCUT2D eigenvalue weighted by Gasteiger charge is -2.12. The molecule has 1 unspecified atom stereocenters. The molecule has 0 saturated heterocycles. The van der Waals surface area contributed by atoms with Crippen molar-refractivity contribution < 1.29 is 9.15 Å². The summed E-state index contributed by atoms with van der Waals surface area (Å²) < 4.78 is 10.5. The first-order chi connectivity index (χ1) is 8.11. The Labute approximate surface area is 114 Å². The van der Waals surface area contributed by atoms with Crippen LogP contribution in [0.2, 0.25) is 10.2 Å². The van der Waals surface area contributed by atoms with Crippen LogP contribution in [0.15, 0.2) is 34.7 Å². The van der Waals surface area contributed by atoms with Gasteiger partial charge in [0.15, 0.2) is 5.22 Å². The van der Waals surface area contributed by atoms with Crippen molar-refractivity contribution in [3.8, 4) is 5.75 Å². The fraction of sp³-hybridized carbons (Fsp3) is 0.167. The molecule has 17 heavy (non-hydrogen) atoms. The maximum Gasteiger partial charge on any atom is 0.193 e. The van der Waals surface area contributed by atoms with Gasteiger partial charge in [-0.25, -0.2) is 0 Å². The predicted octanol–water partition coefficient (Wildman–Crippen LogP) is 4.92. The van der Waals surface area contributed by atoms with E-state index in [4.69, 9.17) is 44.0 Å². The molecule has 0 aliphatic rings. The molecule has 1 aromatic heterocycles. The Bertz CT molecular complexity index is 522. The summed E-state index contributed by atoms with van der Waals surface area (Å²) in [7, 11) is 1.57. The molecule has 1 atom stereocenters. The van der Waals surface area contributed by atoms with Crippen LogP contribution in [0.5, 0.6) is 5.75 Å². The SMILES string of the molecule is COc1ccc(Cl)cc1C(Cl)c1ccc(Cl)o1. The molecule has 0 aliphatic heterocycles. The minimum absolute atomic E-state index is 0.298. The molecule has 0 radical (unpaired) electrons. The van der Waals surface area contributed by atoms with E-state index >= 15 is 0 Å². The fourth-order valence-corrected chi connectivity index (χ4v) is 2.14. The summed E-state index contributed by atoms with van der Waals surface area (Å²) in [6, 6.07) is 8.61. The van der Waals surface area contributed by atoms with Crippen LogP contribution in [-0.4, -0.2) is 7.11 Å². The van der Waals surface area contributed by atoms with Gasteiger partial charge in [0.05, 0.1) is 7.11 Å². The molecule has 5 heteroatoms. The van der Waals surface area contributed by atoms with Crippen molar-refractivity contribution in [1.82, 2.24) is 0 Å². The number of alkyl halides is 1. The van der Waals surface area contributed by atoms with Gasteiger partial charge < -0.3 is 9.15 Å². The van der Waals surface area contributed by atoms with E-state index in [-0.39, 0.29) is 0 Å². The molecule has 1 aromatic carbocycles. The van der Waals surface area contributed by atoms with Crippen molar-refractivity contribution in [2.75, 3.05) is 7.11 Å². The Morgan fingerprint density at radius 2 is 1.94 bits per heavy atom. The first-order valence-corrected chi connectivity index (χ1v) is 6.04. The molecule has 0 saturated carbocycles. The topological polar surface area (TPSA) is 22.4 Å². The largest absolute Gasteiger partial charge is 0.496 e. The van der Waals surface area contributed by atoms with Crippen molar-refractivity contribution in [2.24, 2.45) is 0 Å². The molecule has 0 spiro atoms. The Morgan fingerprint density at radius 3 is 2.53 bits per heavy atom. The summed E-state index contributed by atoms with van der Waals surface area (Å²) in [6.45, 7) is 0. The third kappa shape index (κ3) is 2.71. The van der Waals surface area contributed by atoms with E-state index in [9.17, 15) is 0 Å². The van der Waals surface area contributed by atoms with Crippen molar-refractivity contribution in [3.05, 3.63) is 51.9 Å². The molecular formula is C12H9Cl3O2. The number of furan rings is 1. The quantitative estimate of drug-likeness (QED) is 0.749. The average Bonchev–Trinajstić information content (AvgIpc) is 2.75. The van der Waals surface area contributed by atoms with Crippen molar-refractivity contribution in [2.45, 2.75) is 5.38 Å². The zero-order valence-corrected chi connectivity index (χ0v) is 11.2. The van der Waals surface area contributed by atoms with Gasteiger partial charge >= 0.3 is 0 Å². The average molecular weight is 292 g/mol. The Kier molecular flexibility index (Phi) is 3.87. The van der Waals surface area contributed by atoms with E-state index in [1.165, 1.54) is 0 Å². The maximum atomic E-state index is 6.31. The lowest BCUT2D eigenvalue weighted by Crippen LogP contribution is -1.96. The van der Waals surface area contributed by atoms with Gasteiger partial charge in [-0.05, 0) is 41.9 Å². The lowest BCUT2D eigenvalue weighted by atomic mass is 10.1. The summed E-state index contributed by atoms with van der Waals surface area (Å²) in [5.41, 5.74) is 0.743. The number of hydrogen-bond acceptors (Lipinski definition) is 2. The number of methoxy groups -OCH3 is 1. The molecular weight excluding hydrogens is 282 g/mol. The van der Waals surface area contributed by atoms with E-state index in [0.717, 1.165) is 5.56 Å². The van der Waals surface area contributed by atoms with E-state index in [0.29, 0.717) is 21.8 Å². The highest BCUT2D eigenvalue weighted by Crippen LogP contribution is 2.37. The summed E-state index contributed by atoms with van der Waals surface area (Å²) >= 11 is 18.0. The monoisotopic (exact) mass is 290 g/mol. The van der Waals surface area contributed by atoms with Gasteiger partial charge in [0.1, 0.15) is 16.9 Å². The van der Waals surface area contributed by atoms with E-state index in [1.807, 2.05) is 0 Å². The first kappa shape index (κ1) is 12.6. The summed E-state index contributed by atoms with van der Waals surface area (Å²) in [5.74, 6) is 1.21. The second kappa shape index (κ2) is 5.21. The van der Waals surface area contributed by atoms with Gasteiger partial charge in [0.2, 0.25) is 0 Å². The van der Waals surface area contributed by atoms with Crippen LogP contribution >= 0.6 is 34.8 Å². The summed E-state index contributed by atoms with van der Waals surface area (Å²) in [4.78, 5) is 0. The molecule has 0 bridgehead atoms. The smallest absolute Gasteiger partial charge is 0.193 e. The summed E-state index contributed by atoms with van der Waals surface area (Å²) in [6.07, 6.45) is 0. The number of rotatable bonds is 3. The van der Waals surface area contributed by atoms with E-state index in [2.05, 4.69) is 0 Å². The Hall–Kier alpha value is -0.830. The lowest BCUT2D eigenvalue weighted by molar-refractivity contribution is 0.408. The standard InChI is InChI=1S/C12H9Cl3O2/c1-16-9-3-2-7(13)6-8(9)12(15)10-4-5-11(14)17-10/h2-6,12H,1H3. The minimum atomic E-state index is -0.490. The van der Waals surface area contributed by atoms with Crippen LogP contribution in [0.4, 0.5) is 0 Å². The molecule has 90 valence electrons. The van der Waals surface area contributed by atoms with Crippen LogP contribution < -0.4 is 4.74 Å². The van der Waals surface area contributed by atoms with E-state index in [1.54, 1.807) is 37.4 Å². The van der Waals surface area contributed by atoms with Crippen LogP contribution in [-0.2, 0) is 0 Å². The normalized spacial score (nSPS) is 12.5. The molecule has 0 aliphatic carbocycles. The Balaban J connectivity index is 2.42. The number of hydrogen-bond donors (Lipinski definition) is 0. The molecule has 0 fully saturated rings. The second-order valence-electron chi connectivity index (χ2n) is 3.39. The maximum absolute atomic E-state index is 6.31. The zero-order valence-electron chi connectivity index (χ0n) is 8.91. The number of benzene rings is 1. The summed E-state index contributed by atoms with van der Waals surface area (Å²) in [5, 5.41) is 0.395. The third-order valence-corrected chi connectivity index (χ3v) is 3.20. The Morgan fingerprint density at radius 1 is 1.18 bits per heavy atom. The van der Waals surface area contributed by atoms with Crippen molar-refractivity contribution in [1.29, 1.82) is 0 Å². The van der Waals surface area contributed by atoms with Crippen molar-refractivity contribution >= 4 is 34.8 Å². The molecule has 2 rings (SSSR count). The van der Waals surface area contributed by atoms with Gasteiger partial charge in [0.25, 0.3) is 0 Å². The van der Waals surface area contributed by atoms with Gasteiger partial charge in [-0.2, -0.15) is 0 Å². The minimum Gasteiger partial charge on any atom is -0.496 e. The highest BCUT2D eigenvalue weighted by atomic mass is 35.5. The first-order valence-electron chi connectivity index (χ1n) is 4.84. The van der Waals surface area contributed by atoms with Gasteiger partial charge in [-0.15, -0.1) is 11.6 Å². The second-order valence-corrected chi connectivity index (χ2v) is 4.64. The predicted molar refractivity (Wildman–Crippen MR) is 69.4 cm³/mol. The molecule has 1 heterocycles. The van der Waals surface area contributed by atoms with Crippen LogP contribution in [0, 0.1) is 0 Å². The highest BCUT2D eigenvalue weighted by molar-refractivity contribution is 6.31. The fourth-order valence-electron chi connectivity index (χ4n) is 1.52. The van der Waals surface area contributed by atoms with Gasteiger partial charge in [0, 0.05) is 10.6 Å². The highest BCUT2D eigenvalue weighted by Gasteiger charge is 2.19. The molecule has 2 nitrogen and oxygen atoms in total. The van der Waals surface area contributed by atoms with Crippen LogP contribution in [0.1, 0.15) is 16.7 Å². The number of ether oxygens (including phenoxy) is 1.